The van der Waals surface area contributed by atoms with E-state index in [0.29, 0.717) is 25.3 Å². The number of carboxylic acids is 1. The van der Waals surface area contributed by atoms with E-state index in [0.717, 1.165) is 0 Å². The number of carbonyl (C=O) groups is 2. The molecule has 0 bridgehead atoms. The molecule has 0 aliphatic carbocycles. The molecule has 1 N–H and O–H groups in total. The van der Waals surface area contributed by atoms with Gasteiger partial charge >= 0.3 is 5.97 Å². The first-order valence-corrected chi connectivity index (χ1v) is 5.72. The maximum absolute atomic E-state index is 11.9. The summed E-state index contributed by atoms with van der Waals surface area (Å²) in [4.78, 5) is 24.2. The molecule has 1 amide bonds. The Kier molecular flexibility index (Phi) is 5.32. The molecule has 0 aromatic heterocycles. The summed E-state index contributed by atoms with van der Waals surface area (Å²) in [6.45, 7) is 3.51. The van der Waals surface area contributed by atoms with E-state index in [1.54, 1.807) is 11.9 Å². The molecular weight excluding hydrogens is 234 g/mol. The van der Waals surface area contributed by atoms with Gasteiger partial charge in [0.05, 0.1) is 12.2 Å². The van der Waals surface area contributed by atoms with Crippen molar-refractivity contribution >= 4 is 11.9 Å². The molecule has 0 saturated carbocycles. The highest BCUT2D eigenvalue weighted by atomic mass is 16.5. The molecule has 1 rings (SSSR count). The second kappa shape index (κ2) is 6.76. The van der Waals surface area contributed by atoms with Crippen molar-refractivity contribution in [2.24, 2.45) is 0 Å². The minimum Gasteiger partial charge on any atom is -0.478 e. The normalized spacial score (nSPS) is 10.1. The van der Waals surface area contributed by atoms with E-state index < -0.39 is 5.97 Å². The fraction of sp³-hybridized carbons (Fsp3) is 0.385. The minimum absolute atomic E-state index is 0.147. The Balaban J connectivity index is 2.63. The molecule has 0 spiro atoms. The number of likely N-dealkylation sites (N-methyl/N-ethyl adjacent to an activating group) is 1. The second-order valence-corrected chi connectivity index (χ2v) is 3.81. The molecule has 0 aliphatic heterocycles. The third-order valence-corrected chi connectivity index (χ3v) is 2.50. The lowest BCUT2D eigenvalue weighted by molar-refractivity contribution is 0.0690. The molecular formula is C13H17NO4. The number of amides is 1. The zero-order valence-corrected chi connectivity index (χ0v) is 10.5. The van der Waals surface area contributed by atoms with Crippen molar-refractivity contribution < 1.29 is 19.4 Å². The van der Waals surface area contributed by atoms with Crippen LogP contribution in [-0.2, 0) is 4.74 Å². The van der Waals surface area contributed by atoms with Crippen LogP contribution in [0, 0.1) is 0 Å². The van der Waals surface area contributed by atoms with Gasteiger partial charge in [-0.2, -0.15) is 0 Å². The van der Waals surface area contributed by atoms with E-state index >= 15 is 0 Å². The summed E-state index contributed by atoms with van der Waals surface area (Å²) >= 11 is 0. The van der Waals surface area contributed by atoms with Crippen LogP contribution in [-0.4, -0.2) is 48.7 Å². The van der Waals surface area contributed by atoms with Gasteiger partial charge in [0.25, 0.3) is 5.91 Å². The Morgan fingerprint density at radius 1 is 1.22 bits per heavy atom. The molecule has 0 unspecified atom stereocenters. The van der Waals surface area contributed by atoms with Crippen LogP contribution < -0.4 is 0 Å². The van der Waals surface area contributed by atoms with E-state index in [9.17, 15) is 9.59 Å². The second-order valence-electron chi connectivity index (χ2n) is 3.81. The molecule has 98 valence electrons. The van der Waals surface area contributed by atoms with Crippen molar-refractivity contribution in [3.63, 3.8) is 0 Å². The van der Waals surface area contributed by atoms with Gasteiger partial charge in [-0.05, 0) is 31.2 Å². The van der Waals surface area contributed by atoms with Gasteiger partial charge in [0.1, 0.15) is 0 Å². The van der Waals surface area contributed by atoms with Crippen molar-refractivity contribution in [2.75, 3.05) is 26.8 Å². The highest BCUT2D eigenvalue weighted by molar-refractivity contribution is 5.95. The van der Waals surface area contributed by atoms with E-state index in [1.165, 1.54) is 24.3 Å². The van der Waals surface area contributed by atoms with E-state index in [2.05, 4.69) is 0 Å². The number of aromatic carboxylic acids is 1. The van der Waals surface area contributed by atoms with Gasteiger partial charge in [0.2, 0.25) is 0 Å². The smallest absolute Gasteiger partial charge is 0.335 e. The van der Waals surface area contributed by atoms with Crippen molar-refractivity contribution in [1.82, 2.24) is 4.90 Å². The summed E-state index contributed by atoms with van der Waals surface area (Å²) in [5.74, 6) is -1.15. The zero-order valence-electron chi connectivity index (χ0n) is 10.5. The highest BCUT2D eigenvalue weighted by Gasteiger charge is 2.12. The summed E-state index contributed by atoms with van der Waals surface area (Å²) in [7, 11) is 1.69. The highest BCUT2D eigenvalue weighted by Crippen LogP contribution is 2.07. The molecule has 0 atom stereocenters. The van der Waals surface area contributed by atoms with Crippen LogP contribution in [0.4, 0.5) is 0 Å². The van der Waals surface area contributed by atoms with Crippen molar-refractivity contribution in [3.05, 3.63) is 35.4 Å². The molecule has 1 aromatic rings. The molecule has 18 heavy (non-hydrogen) atoms. The monoisotopic (exact) mass is 251 g/mol. The molecule has 0 heterocycles. The number of carboxylic acid groups (broad SMARTS) is 1. The molecule has 5 heteroatoms. The molecule has 0 aliphatic rings. The minimum atomic E-state index is -1.00. The summed E-state index contributed by atoms with van der Waals surface area (Å²) in [5, 5.41) is 8.75. The van der Waals surface area contributed by atoms with Gasteiger partial charge in [-0.3, -0.25) is 4.79 Å². The van der Waals surface area contributed by atoms with Crippen LogP contribution in [0.1, 0.15) is 27.6 Å². The Morgan fingerprint density at radius 3 is 2.28 bits per heavy atom. The number of hydrogen-bond acceptors (Lipinski definition) is 3. The van der Waals surface area contributed by atoms with E-state index in [-0.39, 0.29) is 11.5 Å². The summed E-state index contributed by atoms with van der Waals surface area (Å²) in [5.41, 5.74) is 0.641. The number of nitrogens with zero attached hydrogens (tertiary/aromatic N) is 1. The van der Waals surface area contributed by atoms with Crippen molar-refractivity contribution in [3.8, 4) is 0 Å². The van der Waals surface area contributed by atoms with Crippen LogP contribution in [0.2, 0.25) is 0 Å². The Bertz CT molecular complexity index is 414. The first kappa shape index (κ1) is 14.2. The summed E-state index contributed by atoms with van der Waals surface area (Å²) in [6, 6.07) is 5.88. The number of benzene rings is 1. The Labute approximate surface area is 106 Å². The van der Waals surface area contributed by atoms with Crippen LogP contribution >= 0.6 is 0 Å². The lowest BCUT2D eigenvalue weighted by Gasteiger charge is -2.17. The lowest BCUT2D eigenvalue weighted by atomic mass is 10.1. The van der Waals surface area contributed by atoms with Crippen molar-refractivity contribution in [1.29, 1.82) is 0 Å². The lowest BCUT2D eigenvalue weighted by Crippen LogP contribution is -2.30. The number of rotatable bonds is 6. The van der Waals surface area contributed by atoms with Crippen LogP contribution in [0.15, 0.2) is 24.3 Å². The SMILES string of the molecule is CCOCCN(C)C(=O)c1ccc(C(=O)O)cc1. The van der Waals surface area contributed by atoms with Crippen LogP contribution in [0.25, 0.3) is 0 Å². The Hall–Kier alpha value is -1.88. The summed E-state index contributed by atoms with van der Waals surface area (Å²) in [6.07, 6.45) is 0. The number of ether oxygens (including phenoxy) is 1. The predicted octanol–water partition coefficient (Wildman–Crippen LogP) is 1.49. The average Bonchev–Trinajstić information content (AvgIpc) is 2.38. The predicted molar refractivity (Wildman–Crippen MR) is 66.9 cm³/mol. The Morgan fingerprint density at radius 2 is 1.78 bits per heavy atom. The maximum atomic E-state index is 11.9. The van der Waals surface area contributed by atoms with Gasteiger partial charge in [-0.15, -0.1) is 0 Å². The van der Waals surface area contributed by atoms with Gasteiger partial charge in [-0.25, -0.2) is 4.79 Å². The van der Waals surface area contributed by atoms with Crippen LogP contribution in [0.3, 0.4) is 0 Å². The number of carbonyl (C=O) groups excluding carboxylic acids is 1. The first-order valence-electron chi connectivity index (χ1n) is 5.72. The molecule has 0 radical (unpaired) electrons. The van der Waals surface area contributed by atoms with Gasteiger partial charge in [0.15, 0.2) is 0 Å². The van der Waals surface area contributed by atoms with Gasteiger partial charge < -0.3 is 14.7 Å². The average molecular weight is 251 g/mol. The largest absolute Gasteiger partial charge is 0.478 e. The third-order valence-electron chi connectivity index (χ3n) is 2.50. The topological polar surface area (TPSA) is 66.8 Å². The standard InChI is InChI=1S/C13H17NO4/c1-3-18-9-8-14(2)12(15)10-4-6-11(7-5-10)13(16)17/h4-7H,3,8-9H2,1-2H3,(H,16,17). The maximum Gasteiger partial charge on any atom is 0.335 e. The molecule has 0 fully saturated rings. The van der Waals surface area contributed by atoms with E-state index in [4.69, 9.17) is 9.84 Å². The zero-order chi connectivity index (χ0) is 13.5. The van der Waals surface area contributed by atoms with Gasteiger partial charge in [0, 0.05) is 25.8 Å². The fourth-order valence-corrected chi connectivity index (χ4v) is 1.42. The van der Waals surface area contributed by atoms with E-state index in [1.807, 2.05) is 6.92 Å². The summed E-state index contributed by atoms with van der Waals surface area (Å²) < 4.78 is 5.17. The molecule has 1 aromatic carbocycles. The van der Waals surface area contributed by atoms with Crippen LogP contribution in [0.5, 0.6) is 0 Å². The quantitative estimate of drug-likeness (QED) is 0.778. The first-order chi connectivity index (χ1) is 8.56. The molecule has 0 saturated heterocycles. The van der Waals surface area contributed by atoms with Gasteiger partial charge in [-0.1, -0.05) is 0 Å². The molecule has 5 nitrogen and oxygen atoms in total. The van der Waals surface area contributed by atoms with Crippen molar-refractivity contribution in [2.45, 2.75) is 6.92 Å². The third kappa shape index (κ3) is 3.85. The fourth-order valence-electron chi connectivity index (χ4n) is 1.42. The number of hydrogen-bond donors (Lipinski definition) is 1.